The Bertz CT molecular complexity index is 745. The zero-order chi connectivity index (χ0) is 15.8. The summed E-state index contributed by atoms with van der Waals surface area (Å²) in [5, 5.41) is 2.92. The van der Waals surface area contributed by atoms with Crippen molar-refractivity contribution in [2.45, 2.75) is 39.3 Å². The number of nitrogens with one attached hydrogen (secondary N) is 2. The zero-order valence-corrected chi connectivity index (χ0v) is 13.7. The van der Waals surface area contributed by atoms with Crippen molar-refractivity contribution in [1.82, 2.24) is 14.9 Å². The Kier molecular flexibility index (Phi) is 4.39. The van der Waals surface area contributed by atoms with Gasteiger partial charge in [-0.3, -0.25) is 4.79 Å². The molecule has 21 heavy (non-hydrogen) atoms. The van der Waals surface area contributed by atoms with Gasteiger partial charge in [0.05, 0.1) is 16.1 Å². The van der Waals surface area contributed by atoms with Crippen LogP contribution < -0.4 is 5.32 Å². The third kappa shape index (κ3) is 3.83. The lowest BCUT2D eigenvalue weighted by molar-refractivity contribution is -0.122. The zero-order valence-electron chi connectivity index (χ0n) is 12.1. The average Bonchev–Trinajstić information content (AvgIpc) is 2.60. The molecule has 0 aliphatic heterocycles. The first-order valence-electron chi connectivity index (χ1n) is 6.56. The van der Waals surface area contributed by atoms with Crippen molar-refractivity contribution in [3.63, 3.8) is 0 Å². The maximum Gasteiger partial charge on any atom is 0.222 e. The molecule has 2 aromatic rings. The Labute approximate surface area is 132 Å². The standard InChI is InChI=1S/C14H17ClFN3OS/c1-14(2,3)18-12(20)4-5-19-11-6-8(15)9(16)7-10(11)17-13(19)21/h6-7H,4-5H2,1-3H3,(H,17,21)(H,18,20). The second-order valence-electron chi connectivity index (χ2n) is 5.91. The van der Waals surface area contributed by atoms with Gasteiger partial charge in [0.2, 0.25) is 5.91 Å². The highest BCUT2D eigenvalue weighted by Crippen LogP contribution is 2.23. The molecule has 7 heteroatoms. The number of hydrogen-bond donors (Lipinski definition) is 2. The molecule has 1 aromatic heterocycles. The molecule has 0 atom stereocenters. The monoisotopic (exact) mass is 329 g/mol. The predicted molar refractivity (Wildman–Crippen MR) is 84.6 cm³/mol. The summed E-state index contributed by atoms with van der Waals surface area (Å²) in [5.74, 6) is -0.565. The van der Waals surface area contributed by atoms with E-state index in [9.17, 15) is 9.18 Å². The fraction of sp³-hybridized carbons (Fsp3) is 0.429. The van der Waals surface area contributed by atoms with Crippen molar-refractivity contribution in [3.05, 3.63) is 27.7 Å². The number of fused-ring (bicyclic) bond motifs is 1. The van der Waals surface area contributed by atoms with E-state index in [1.165, 1.54) is 12.1 Å². The van der Waals surface area contributed by atoms with E-state index in [1.807, 2.05) is 20.8 Å². The van der Waals surface area contributed by atoms with Gasteiger partial charge in [0.15, 0.2) is 4.77 Å². The highest BCUT2D eigenvalue weighted by Gasteiger charge is 2.15. The molecule has 0 radical (unpaired) electrons. The number of nitrogens with zero attached hydrogens (tertiary/aromatic N) is 1. The predicted octanol–water partition coefficient (Wildman–Crippen LogP) is 3.80. The van der Waals surface area contributed by atoms with Crippen LogP contribution in [0.1, 0.15) is 27.2 Å². The topological polar surface area (TPSA) is 49.8 Å². The summed E-state index contributed by atoms with van der Waals surface area (Å²) >= 11 is 11.0. The summed E-state index contributed by atoms with van der Waals surface area (Å²) in [4.78, 5) is 14.8. The minimum atomic E-state index is -0.502. The summed E-state index contributed by atoms with van der Waals surface area (Å²) in [6.45, 7) is 6.17. The van der Waals surface area contributed by atoms with Crippen LogP contribution >= 0.6 is 23.8 Å². The number of benzene rings is 1. The number of carbonyl (C=O) groups excluding carboxylic acids is 1. The Morgan fingerprint density at radius 1 is 1.48 bits per heavy atom. The Morgan fingerprint density at radius 3 is 2.76 bits per heavy atom. The lowest BCUT2D eigenvalue weighted by Crippen LogP contribution is -2.40. The van der Waals surface area contributed by atoms with Crippen molar-refractivity contribution in [3.8, 4) is 0 Å². The number of rotatable bonds is 3. The molecule has 0 unspecified atom stereocenters. The van der Waals surface area contributed by atoms with Crippen molar-refractivity contribution >= 4 is 40.8 Å². The fourth-order valence-corrected chi connectivity index (χ4v) is 2.53. The van der Waals surface area contributed by atoms with Gasteiger partial charge in [0, 0.05) is 24.6 Å². The number of aromatic amines is 1. The van der Waals surface area contributed by atoms with Crippen LogP contribution in [0.15, 0.2) is 12.1 Å². The van der Waals surface area contributed by atoms with E-state index < -0.39 is 5.82 Å². The minimum Gasteiger partial charge on any atom is -0.351 e. The Balaban J connectivity index is 2.23. The van der Waals surface area contributed by atoms with Crippen LogP contribution in [-0.4, -0.2) is 21.0 Å². The maximum atomic E-state index is 13.4. The SMILES string of the molecule is CC(C)(C)NC(=O)CCn1c(=S)[nH]c2cc(F)c(Cl)cc21. The van der Waals surface area contributed by atoms with Crippen LogP contribution in [-0.2, 0) is 11.3 Å². The second-order valence-corrected chi connectivity index (χ2v) is 6.71. The first-order chi connectivity index (χ1) is 9.67. The smallest absolute Gasteiger partial charge is 0.222 e. The minimum absolute atomic E-state index is 0.0318. The normalized spacial score (nSPS) is 11.9. The van der Waals surface area contributed by atoms with Crippen molar-refractivity contribution in [1.29, 1.82) is 0 Å². The quantitative estimate of drug-likeness (QED) is 0.842. The van der Waals surface area contributed by atoms with Gasteiger partial charge in [-0.2, -0.15) is 0 Å². The number of imidazole rings is 1. The summed E-state index contributed by atoms with van der Waals surface area (Å²) in [5.41, 5.74) is 0.985. The average molecular weight is 330 g/mol. The lowest BCUT2D eigenvalue weighted by atomic mass is 10.1. The number of aryl methyl sites for hydroxylation is 1. The molecule has 0 spiro atoms. The third-order valence-electron chi connectivity index (χ3n) is 2.89. The first-order valence-corrected chi connectivity index (χ1v) is 7.34. The molecule has 0 aliphatic rings. The van der Waals surface area contributed by atoms with Gasteiger partial charge in [-0.1, -0.05) is 11.6 Å². The first kappa shape index (κ1) is 16.0. The van der Waals surface area contributed by atoms with Gasteiger partial charge in [0.25, 0.3) is 0 Å². The molecule has 0 saturated heterocycles. The fourth-order valence-electron chi connectivity index (χ4n) is 2.07. The Morgan fingerprint density at radius 2 is 2.14 bits per heavy atom. The number of halogens is 2. The highest BCUT2D eigenvalue weighted by molar-refractivity contribution is 7.71. The van der Waals surface area contributed by atoms with E-state index in [2.05, 4.69) is 10.3 Å². The molecule has 0 fully saturated rings. The van der Waals surface area contributed by atoms with Gasteiger partial charge < -0.3 is 14.9 Å². The molecule has 4 nitrogen and oxygen atoms in total. The van der Waals surface area contributed by atoms with Crippen LogP contribution in [0.3, 0.4) is 0 Å². The van der Waals surface area contributed by atoms with Crippen LogP contribution in [0, 0.1) is 10.6 Å². The van der Waals surface area contributed by atoms with Crippen LogP contribution in [0.5, 0.6) is 0 Å². The third-order valence-corrected chi connectivity index (χ3v) is 3.51. The number of aromatic nitrogens is 2. The molecule has 114 valence electrons. The second kappa shape index (κ2) is 5.77. The molecule has 2 N–H and O–H groups in total. The van der Waals surface area contributed by atoms with Crippen molar-refractivity contribution < 1.29 is 9.18 Å². The van der Waals surface area contributed by atoms with E-state index in [4.69, 9.17) is 23.8 Å². The molecular weight excluding hydrogens is 313 g/mol. The van der Waals surface area contributed by atoms with Gasteiger partial charge in [-0.05, 0) is 39.1 Å². The van der Waals surface area contributed by atoms with Crippen LogP contribution in [0.25, 0.3) is 11.0 Å². The number of hydrogen-bond acceptors (Lipinski definition) is 2. The summed E-state index contributed by atoms with van der Waals surface area (Å²) in [7, 11) is 0. The number of amides is 1. The summed E-state index contributed by atoms with van der Waals surface area (Å²) in [6.07, 6.45) is 0.285. The molecule has 2 rings (SSSR count). The van der Waals surface area contributed by atoms with E-state index >= 15 is 0 Å². The molecule has 0 bridgehead atoms. The van der Waals surface area contributed by atoms with Crippen LogP contribution in [0.2, 0.25) is 5.02 Å². The van der Waals surface area contributed by atoms with Crippen LogP contribution in [0.4, 0.5) is 4.39 Å². The van der Waals surface area contributed by atoms with E-state index in [0.29, 0.717) is 22.3 Å². The molecule has 0 saturated carbocycles. The molecular formula is C14H17ClFN3OS. The van der Waals surface area contributed by atoms with E-state index in [1.54, 1.807) is 4.57 Å². The number of carbonyl (C=O) groups is 1. The van der Waals surface area contributed by atoms with E-state index in [-0.39, 0.29) is 22.9 Å². The highest BCUT2D eigenvalue weighted by atomic mass is 35.5. The van der Waals surface area contributed by atoms with Crippen molar-refractivity contribution in [2.24, 2.45) is 0 Å². The number of H-pyrrole nitrogens is 1. The summed E-state index contributed by atoms with van der Waals surface area (Å²) < 4.78 is 15.6. The van der Waals surface area contributed by atoms with Gasteiger partial charge in [0.1, 0.15) is 5.82 Å². The molecule has 0 aliphatic carbocycles. The van der Waals surface area contributed by atoms with Gasteiger partial charge >= 0.3 is 0 Å². The molecule has 1 heterocycles. The largest absolute Gasteiger partial charge is 0.351 e. The maximum absolute atomic E-state index is 13.4. The Hall–Kier alpha value is -1.40. The van der Waals surface area contributed by atoms with Crippen molar-refractivity contribution in [2.75, 3.05) is 0 Å². The van der Waals surface area contributed by atoms with Gasteiger partial charge in [-0.15, -0.1) is 0 Å². The lowest BCUT2D eigenvalue weighted by Gasteiger charge is -2.20. The van der Waals surface area contributed by atoms with Gasteiger partial charge in [-0.25, -0.2) is 4.39 Å². The molecule has 1 aromatic carbocycles. The summed E-state index contributed by atoms with van der Waals surface area (Å²) in [6, 6.07) is 2.82. The molecule has 1 amide bonds. The van der Waals surface area contributed by atoms with E-state index in [0.717, 1.165) is 0 Å².